The molecule has 0 spiro atoms. The summed E-state index contributed by atoms with van der Waals surface area (Å²) < 4.78 is 16.9. The zero-order valence-electron chi connectivity index (χ0n) is 8.70. The molecule has 0 radical (unpaired) electrons. The number of benzene rings is 1. The molecular formula is C10H14ClNO2S. The number of hydrogen-bond donors (Lipinski definition) is 1. The van der Waals surface area contributed by atoms with Gasteiger partial charge in [0.1, 0.15) is 0 Å². The molecule has 0 saturated heterocycles. The van der Waals surface area contributed by atoms with Gasteiger partial charge in [0.05, 0.1) is 32.6 Å². The quantitative estimate of drug-likeness (QED) is 0.829. The summed E-state index contributed by atoms with van der Waals surface area (Å²) in [6.07, 6.45) is -0.0561. The number of ether oxygens (including phenoxy) is 1. The number of halogens is 1. The van der Waals surface area contributed by atoms with E-state index in [1.54, 1.807) is 25.3 Å². The van der Waals surface area contributed by atoms with E-state index in [4.69, 9.17) is 22.1 Å². The molecule has 1 rings (SSSR count). The molecule has 1 aromatic carbocycles. The van der Waals surface area contributed by atoms with Crippen LogP contribution in [0, 0.1) is 0 Å². The summed E-state index contributed by atoms with van der Waals surface area (Å²) in [4.78, 5) is 0.606. The maximum absolute atomic E-state index is 11.9. The fourth-order valence-corrected chi connectivity index (χ4v) is 2.76. The van der Waals surface area contributed by atoms with Crippen LogP contribution in [0.25, 0.3) is 0 Å². The van der Waals surface area contributed by atoms with Gasteiger partial charge in [-0.15, -0.1) is 0 Å². The first kappa shape index (κ1) is 12.5. The molecule has 3 nitrogen and oxygen atoms in total. The summed E-state index contributed by atoms with van der Waals surface area (Å²) in [5.41, 5.74) is 6.12. The van der Waals surface area contributed by atoms with Crippen LogP contribution in [0.2, 0.25) is 5.02 Å². The minimum atomic E-state index is -1.15. The number of hydrogen-bond acceptors (Lipinski definition) is 3. The molecule has 0 aliphatic heterocycles. The van der Waals surface area contributed by atoms with Gasteiger partial charge >= 0.3 is 0 Å². The number of anilines is 1. The molecule has 84 valence electrons. The van der Waals surface area contributed by atoms with Gasteiger partial charge in [-0.05, 0) is 25.1 Å². The Labute approximate surface area is 97.0 Å². The van der Waals surface area contributed by atoms with Crippen molar-refractivity contribution in [3.05, 3.63) is 23.2 Å². The first-order valence-electron chi connectivity index (χ1n) is 4.50. The summed E-state index contributed by atoms with van der Waals surface area (Å²) in [5, 5.41) is 0.441. The Balaban J connectivity index is 2.82. The molecular weight excluding hydrogens is 234 g/mol. The van der Waals surface area contributed by atoms with Gasteiger partial charge in [-0.2, -0.15) is 0 Å². The minimum absolute atomic E-state index is 0.0561. The van der Waals surface area contributed by atoms with Crippen molar-refractivity contribution in [1.29, 1.82) is 0 Å². The van der Waals surface area contributed by atoms with E-state index in [1.807, 2.05) is 6.92 Å². The molecule has 2 N–H and O–H groups in total. The monoisotopic (exact) mass is 247 g/mol. The maximum Gasteiger partial charge on any atom is 0.0662 e. The van der Waals surface area contributed by atoms with E-state index in [1.165, 1.54) is 0 Å². The van der Waals surface area contributed by atoms with Crippen LogP contribution >= 0.6 is 11.6 Å². The molecule has 0 saturated carbocycles. The van der Waals surface area contributed by atoms with Crippen molar-refractivity contribution < 1.29 is 8.95 Å². The fourth-order valence-electron chi connectivity index (χ4n) is 1.07. The molecule has 5 heteroatoms. The van der Waals surface area contributed by atoms with Gasteiger partial charge in [0.15, 0.2) is 0 Å². The van der Waals surface area contributed by atoms with Gasteiger partial charge in [-0.1, -0.05) is 11.6 Å². The van der Waals surface area contributed by atoms with Gasteiger partial charge in [0, 0.05) is 12.8 Å². The van der Waals surface area contributed by atoms with Crippen LogP contribution in [0.5, 0.6) is 0 Å². The normalized spacial score (nSPS) is 14.9. The zero-order valence-corrected chi connectivity index (χ0v) is 10.3. The first-order valence-corrected chi connectivity index (χ1v) is 6.20. The van der Waals surface area contributed by atoms with Gasteiger partial charge in [0.2, 0.25) is 0 Å². The van der Waals surface area contributed by atoms with E-state index in [9.17, 15) is 4.21 Å². The molecule has 0 amide bonds. The lowest BCUT2D eigenvalue weighted by molar-refractivity contribution is 0.137. The van der Waals surface area contributed by atoms with Crippen LogP contribution in [-0.2, 0) is 15.5 Å². The lowest BCUT2D eigenvalue weighted by Crippen LogP contribution is -2.15. The highest BCUT2D eigenvalue weighted by Crippen LogP contribution is 2.22. The summed E-state index contributed by atoms with van der Waals surface area (Å²) in [6.45, 7) is 1.86. The Bertz CT molecular complexity index is 370. The Kier molecular flexibility index (Phi) is 4.57. The fraction of sp³-hybridized carbons (Fsp3) is 0.400. The van der Waals surface area contributed by atoms with Gasteiger partial charge < -0.3 is 10.5 Å². The molecule has 0 fully saturated rings. The largest absolute Gasteiger partial charge is 0.399 e. The highest BCUT2D eigenvalue weighted by molar-refractivity contribution is 7.85. The second-order valence-electron chi connectivity index (χ2n) is 3.25. The Morgan fingerprint density at radius 3 is 2.80 bits per heavy atom. The van der Waals surface area contributed by atoms with Crippen molar-refractivity contribution in [3.8, 4) is 0 Å². The van der Waals surface area contributed by atoms with Crippen LogP contribution in [0.1, 0.15) is 6.92 Å². The standard InChI is InChI=1S/C10H14ClNO2S/c1-7(14-2)6-15(13)10-4-3-8(12)5-9(10)11/h3-5,7H,6,12H2,1-2H3. The molecule has 2 atom stereocenters. The van der Waals surface area contributed by atoms with Gasteiger partial charge in [-0.3, -0.25) is 4.21 Å². The summed E-state index contributed by atoms with van der Waals surface area (Å²) in [5.74, 6) is 0.431. The lowest BCUT2D eigenvalue weighted by Gasteiger charge is -2.10. The second kappa shape index (κ2) is 5.49. The summed E-state index contributed by atoms with van der Waals surface area (Å²) in [6, 6.07) is 4.99. The van der Waals surface area contributed by atoms with E-state index in [0.717, 1.165) is 0 Å². The number of nitrogen functional groups attached to an aromatic ring is 1. The van der Waals surface area contributed by atoms with Crippen LogP contribution in [0.4, 0.5) is 5.69 Å². The summed E-state index contributed by atoms with van der Waals surface area (Å²) in [7, 11) is 0.444. The van der Waals surface area contributed by atoms with Crippen molar-refractivity contribution >= 4 is 28.1 Å². The van der Waals surface area contributed by atoms with Crippen LogP contribution < -0.4 is 5.73 Å². The van der Waals surface area contributed by atoms with E-state index in [-0.39, 0.29) is 6.10 Å². The Hall–Kier alpha value is -0.580. The molecule has 0 bridgehead atoms. The predicted molar refractivity (Wildman–Crippen MR) is 63.6 cm³/mol. The third-order valence-corrected chi connectivity index (χ3v) is 4.03. The third kappa shape index (κ3) is 3.48. The highest BCUT2D eigenvalue weighted by Gasteiger charge is 2.12. The molecule has 0 heterocycles. The van der Waals surface area contributed by atoms with E-state index >= 15 is 0 Å². The average molecular weight is 248 g/mol. The van der Waals surface area contributed by atoms with Gasteiger partial charge in [-0.25, -0.2) is 0 Å². The third-order valence-electron chi connectivity index (χ3n) is 1.99. The minimum Gasteiger partial charge on any atom is -0.399 e. The molecule has 2 unspecified atom stereocenters. The summed E-state index contributed by atoms with van der Waals surface area (Å²) >= 11 is 5.94. The van der Waals surface area contributed by atoms with Gasteiger partial charge in [0.25, 0.3) is 0 Å². The average Bonchev–Trinajstić information content (AvgIpc) is 2.17. The van der Waals surface area contributed by atoms with Crippen molar-refractivity contribution in [1.82, 2.24) is 0 Å². The highest BCUT2D eigenvalue weighted by atomic mass is 35.5. The topological polar surface area (TPSA) is 52.3 Å². The first-order chi connectivity index (χ1) is 7.04. The SMILES string of the molecule is COC(C)CS(=O)c1ccc(N)cc1Cl. The molecule has 15 heavy (non-hydrogen) atoms. The molecule has 0 aliphatic rings. The van der Waals surface area contributed by atoms with E-state index in [2.05, 4.69) is 0 Å². The van der Waals surface area contributed by atoms with E-state index < -0.39 is 10.8 Å². The van der Waals surface area contributed by atoms with Crippen LogP contribution in [-0.4, -0.2) is 23.2 Å². The Morgan fingerprint density at radius 1 is 1.60 bits per heavy atom. The molecule has 1 aromatic rings. The predicted octanol–water partition coefficient (Wildman–Crippen LogP) is 2.06. The Morgan fingerprint density at radius 2 is 2.27 bits per heavy atom. The smallest absolute Gasteiger partial charge is 0.0662 e. The van der Waals surface area contributed by atoms with Crippen molar-refractivity contribution in [2.75, 3.05) is 18.6 Å². The van der Waals surface area contributed by atoms with Crippen molar-refractivity contribution in [2.24, 2.45) is 0 Å². The molecule has 0 aliphatic carbocycles. The zero-order chi connectivity index (χ0) is 11.4. The van der Waals surface area contributed by atoms with Crippen molar-refractivity contribution in [3.63, 3.8) is 0 Å². The second-order valence-corrected chi connectivity index (χ2v) is 5.12. The van der Waals surface area contributed by atoms with Crippen LogP contribution in [0.3, 0.4) is 0 Å². The van der Waals surface area contributed by atoms with Crippen LogP contribution in [0.15, 0.2) is 23.1 Å². The lowest BCUT2D eigenvalue weighted by atomic mass is 10.3. The van der Waals surface area contributed by atoms with E-state index in [0.29, 0.717) is 21.4 Å². The number of nitrogens with two attached hydrogens (primary N) is 1. The number of rotatable bonds is 4. The molecule has 0 aromatic heterocycles. The number of methoxy groups -OCH3 is 1. The maximum atomic E-state index is 11.9. The van der Waals surface area contributed by atoms with Crippen molar-refractivity contribution in [2.45, 2.75) is 17.9 Å².